The van der Waals surface area contributed by atoms with Crippen LogP contribution in [0.4, 0.5) is 17.1 Å². The average Bonchev–Trinajstić information content (AvgIpc) is 3.32. The number of amides is 1. The first-order valence-electron chi connectivity index (χ1n) is 9.34. The van der Waals surface area contributed by atoms with Gasteiger partial charge in [-0.25, -0.2) is 0 Å². The number of furan rings is 1. The Balaban J connectivity index is 1.61. The largest absolute Gasteiger partial charge is 0.456 e. The number of thiocarbonyl (C=S) groups is 1. The van der Waals surface area contributed by atoms with Crippen molar-refractivity contribution in [2.45, 2.75) is 0 Å². The molecule has 0 unspecified atom stereocenters. The molecule has 1 aliphatic heterocycles. The van der Waals surface area contributed by atoms with Crippen molar-refractivity contribution >= 4 is 68.9 Å². The minimum atomic E-state index is -0.518. The smallest absolute Gasteiger partial charge is 0.281 e. The number of nitro benzene ring substituents is 1. The summed E-state index contributed by atoms with van der Waals surface area (Å²) in [7, 11) is 3.88. The first-order chi connectivity index (χ1) is 15.2. The summed E-state index contributed by atoms with van der Waals surface area (Å²) >= 11 is 12.5. The molecule has 0 radical (unpaired) electrons. The summed E-state index contributed by atoms with van der Waals surface area (Å²) < 4.78 is 6.19. The number of benzene rings is 2. The lowest BCUT2D eigenvalue weighted by atomic mass is 10.1. The highest BCUT2D eigenvalue weighted by Gasteiger charge is 2.33. The van der Waals surface area contributed by atoms with E-state index < -0.39 is 4.92 Å². The average molecular weight is 486 g/mol. The van der Waals surface area contributed by atoms with Crippen molar-refractivity contribution < 1.29 is 14.1 Å². The molecule has 3 aromatic rings. The Morgan fingerprint density at radius 3 is 2.53 bits per heavy atom. The Bertz CT molecular complexity index is 1270. The van der Waals surface area contributed by atoms with E-state index in [2.05, 4.69) is 0 Å². The van der Waals surface area contributed by atoms with Gasteiger partial charge in [0.1, 0.15) is 11.5 Å². The van der Waals surface area contributed by atoms with Crippen molar-refractivity contribution in [2.75, 3.05) is 23.9 Å². The summed E-state index contributed by atoms with van der Waals surface area (Å²) in [5.41, 5.74) is 1.83. The molecular weight excluding hydrogens is 470 g/mol. The van der Waals surface area contributed by atoms with Crippen molar-refractivity contribution in [1.82, 2.24) is 0 Å². The third-order valence-corrected chi connectivity index (χ3v) is 6.28. The van der Waals surface area contributed by atoms with E-state index in [1.807, 2.05) is 43.3 Å². The third-order valence-electron chi connectivity index (χ3n) is 4.74. The molecule has 4 rings (SSSR count). The molecule has 0 bridgehead atoms. The minimum absolute atomic E-state index is 0.161. The number of anilines is 2. The number of carbonyl (C=O) groups excluding carboxylic acids is 1. The lowest BCUT2D eigenvalue weighted by Gasteiger charge is -2.17. The van der Waals surface area contributed by atoms with Crippen LogP contribution in [-0.2, 0) is 4.79 Å². The quantitative estimate of drug-likeness (QED) is 0.190. The summed E-state index contributed by atoms with van der Waals surface area (Å²) in [6.07, 6.45) is 1.58. The van der Waals surface area contributed by atoms with Gasteiger partial charge in [-0.3, -0.25) is 19.8 Å². The van der Waals surface area contributed by atoms with Crippen LogP contribution < -0.4 is 9.80 Å². The van der Waals surface area contributed by atoms with E-state index in [0.29, 0.717) is 32.0 Å². The van der Waals surface area contributed by atoms with Crippen molar-refractivity contribution in [3.63, 3.8) is 0 Å². The van der Waals surface area contributed by atoms with Gasteiger partial charge in [-0.05, 0) is 48.5 Å². The van der Waals surface area contributed by atoms with Crippen molar-refractivity contribution in [2.24, 2.45) is 0 Å². The van der Waals surface area contributed by atoms with Gasteiger partial charge in [-0.2, -0.15) is 0 Å². The zero-order valence-corrected chi connectivity index (χ0v) is 19.3. The minimum Gasteiger partial charge on any atom is -0.456 e. The predicted octanol–water partition coefficient (Wildman–Crippen LogP) is 5.98. The number of hydrogen-bond donors (Lipinski definition) is 0. The highest BCUT2D eigenvalue weighted by molar-refractivity contribution is 8.27. The fraction of sp³-hybridized carbons (Fsp3) is 0.0909. The molecule has 0 atom stereocenters. The molecule has 1 fully saturated rings. The molecule has 2 aromatic carbocycles. The molecule has 1 amide bonds. The standard InChI is InChI=1S/C22H16ClN3O4S2/c1-24(2)14-4-6-15(7-5-14)25-21(27)20(32-22(25)31)12-16-8-10-19(30-16)17-9-3-13(23)11-18(17)26(28)29/h3-12H,1-2H3/b20-12+. The van der Waals surface area contributed by atoms with Gasteiger partial charge in [0.2, 0.25) is 0 Å². The molecule has 2 heterocycles. The lowest BCUT2D eigenvalue weighted by molar-refractivity contribution is -0.384. The summed E-state index contributed by atoms with van der Waals surface area (Å²) in [5, 5.41) is 11.6. The van der Waals surface area contributed by atoms with Crippen molar-refractivity contribution in [3.05, 3.63) is 80.4 Å². The zero-order valence-electron chi connectivity index (χ0n) is 16.9. The van der Waals surface area contributed by atoms with E-state index in [1.165, 1.54) is 28.8 Å². The van der Waals surface area contributed by atoms with E-state index in [9.17, 15) is 14.9 Å². The number of halogens is 1. The van der Waals surface area contributed by atoms with Gasteiger partial charge >= 0.3 is 0 Å². The Kier molecular flexibility index (Phi) is 6.05. The Hall–Kier alpha value is -3.14. The summed E-state index contributed by atoms with van der Waals surface area (Å²) in [4.78, 5) is 27.7. The first-order valence-corrected chi connectivity index (χ1v) is 10.9. The van der Waals surface area contributed by atoms with Gasteiger partial charge in [-0.1, -0.05) is 35.6 Å². The SMILES string of the molecule is CN(C)c1ccc(N2C(=O)/C(=C\c3ccc(-c4ccc(Cl)cc4[N+](=O)[O-])o3)SC2=S)cc1. The molecule has 32 heavy (non-hydrogen) atoms. The monoisotopic (exact) mass is 485 g/mol. The maximum atomic E-state index is 13.0. The van der Waals surface area contributed by atoms with Crippen LogP contribution in [0.15, 0.2) is 63.9 Å². The Morgan fingerprint density at radius 2 is 1.88 bits per heavy atom. The van der Waals surface area contributed by atoms with E-state index in [4.69, 9.17) is 28.2 Å². The summed E-state index contributed by atoms with van der Waals surface area (Å²) in [6, 6.07) is 15.1. The number of hydrogen-bond acceptors (Lipinski definition) is 7. The second kappa shape index (κ2) is 8.78. The molecule has 1 saturated heterocycles. The Morgan fingerprint density at radius 1 is 1.16 bits per heavy atom. The van der Waals surface area contributed by atoms with Crippen molar-refractivity contribution in [3.8, 4) is 11.3 Å². The normalized spacial score (nSPS) is 15.0. The topological polar surface area (TPSA) is 79.8 Å². The van der Waals surface area contributed by atoms with Gasteiger partial charge in [0.25, 0.3) is 11.6 Å². The van der Waals surface area contributed by atoms with E-state index >= 15 is 0 Å². The molecule has 162 valence electrons. The van der Waals surface area contributed by atoms with Crippen LogP contribution in [0.1, 0.15) is 5.76 Å². The first kappa shape index (κ1) is 22.1. The maximum Gasteiger partial charge on any atom is 0.281 e. The molecule has 7 nitrogen and oxygen atoms in total. The summed E-state index contributed by atoms with van der Waals surface area (Å²) in [6.45, 7) is 0. The van der Waals surface area contributed by atoms with Gasteiger partial charge in [0.05, 0.1) is 21.1 Å². The van der Waals surface area contributed by atoms with Gasteiger partial charge < -0.3 is 9.32 Å². The van der Waals surface area contributed by atoms with Crippen LogP contribution >= 0.6 is 35.6 Å². The highest BCUT2D eigenvalue weighted by atomic mass is 35.5. The molecule has 1 aliphatic rings. The van der Waals surface area contributed by atoms with E-state index in [1.54, 1.807) is 24.3 Å². The molecule has 10 heteroatoms. The van der Waals surface area contributed by atoms with Crippen LogP contribution in [-0.4, -0.2) is 29.2 Å². The molecule has 1 aromatic heterocycles. The van der Waals surface area contributed by atoms with E-state index in [0.717, 1.165) is 5.69 Å². The number of rotatable bonds is 5. The fourth-order valence-electron chi connectivity index (χ4n) is 3.16. The predicted molar refractivity (Wildman–Crippen MR) is 132 cm³/mol. The second-order valence-electron chi connectivity index (χ2n) is 7.05. The van der Waals surface area contributed by atoms with Crippen LogP contribution in [0.25, 0.3) is 17.4 Å². The third kappa shape index (κ3) is 4.27. The number of nitrogens with zero attached hydrogens (tertiary/aromatic N) is 3. The number of carbonyl (C=O) groups is 1. The Labute approximate surface area is 198 Å². The van der Waals surface area contributed by atoms with Crippen LogP contribution in [0.5, 0.6) is 0 Å². The van der Waals surface area contributed by atoms with Crippen molar-refractivity contribution in [1.29, 1.82) is 0 Å². The van der Waals surface area contributed by atoms with Crippen LogP contribution in [0.2, 0.25) is 5.02 Å². The number of nitro groups is 1. The van der Waals surface area contributed by atoms with E-state index in [-0.39, 0.29) is 16.6 Å². The molecule has 0 N–H and O–H groups in total. The highest BCUT2D eigenvalue weighted by Crippen LogP contribution is 2.38. The van der Waals surface area contributed by atoms with Gasteiger partial charge in [0.15, 0.2) is 4.32 Å². The number of thioether (sulfide) groups is 1. The van der Waals surface area contributed by atoms with Gasteiger partial charge in [-0.15, -0.1) is 0 Å². The van der Waals surface area contributed by atoms with Gasteiger partial charge in [0, 0.05) is 36.9 Å². The molecular formula is C22H16ClN3O4S2. The maximum absolute atomic E-state index is 13.0. The van der Waals surface area contributed by atoms with Crippen LogP contribution in [0.3, 0.4) is 0 Å². The molecule has 0 saturated carbocycles. The van der Waals surface area contributed by atoms with Crippen LogP contribution in [0, 0.1) is 10.1 Å². The summed E-state index contributed by atoms with van der Waals surface area (Å²) in [5.74, 6) is 0.426. The lowest BCUT2D eigenvalue weighted by Crippen LogP contribution is -2.27. The second-order valence-corrected chi connectivity index (χ2v) is 9.16. The zero-order chi connectivity index (χ0) is 23.0. The molecule has 0 aliphatic carbocycles. The molecule has 0 spiro atoms. The fourth-order valence-corrected chi connectivity index (χ4v) is 4.60.